The van der Waals surface area contributed by atoms with Gasteiger partial charge in [-0.3, -0.25) is 14.5 Å². The Bertz CT molecular complexity index is 787. The van der Waals surface area contributed by atoms with Crippen LogP contribution in [0.5, 0.6) is 0 Å². The zero-order chi connectivity index (χ0) is 23.4. The van der Waals surface area contributed by atoms with Crippen LogP contribution >= 0.6 is 11.6 Å². The van der Waals surface area contributed by atoms with Crippen molar-refractivity contribution in [2.75, 3.05) is 32.7 Å². The van der Waals surface area contributed by atoms with Crippen molar-refractivity contribution in [2.24, 2.45) is 0 Å². The number of amides is 2. The largest absolute Gasteiger partial charge is 0.471 e. The second kappa shape index (κ2) is 10.4. The van der Waals surface area contributed by atoms with Crippen LogP contribution in [-0.2, 0) is 9.59 Å². The summed E-state index contributed by atoms with van der Waals surface area (Å²) in [6.45, 7) is 4.29. The molecule has 1 aliphatic heterocycles. The van der Waals surface area contributed by atoms with Crippen molar-refractivity contribution >= 4 is 23.4 Å². The number of rotatable bonds is 6. The normalized spacial score (nSPS) is 20.6. The SMILES string of the molecule is CC(CC(=O)N1CCN(C2(CNC(=O)C(F)(F)F)CCCCC2)CC1)c1ccc(Cl)cc1. The van der Waals surface area contributed by atoms with Crippen molar-refractivity contribution in [3.63, 3.8) is 0 Å². The Kier molecular flexibility index (Phi) is 8.09. The Morgan fingerprint density at radius 2 is 1.66 bits per heavy atom. The summed E-state index contributed by atoms with van der Waals surface area (Å²) in [7, 11) is 0. The molecule has 1 saturated heterocycles. The molecule has 5 nitrogen and oxygen atoms in total. The van der Waals surface area contributed by atoms with Crippen molar-refractivity contribution in [3.8, 4) is 0 Å². The summed E-state index contributed by atoms with van der Waals surface area (Å²) in [6.07, 6.45) is -0.0508. The number of carbonyl (C=O) groups is 2. The molecule has 0 radical (unpaired) electrons. The molecule has 1 saturated carbocycles. The molecule has 2 aliphatic rings. The van der Waals surface area contributed by atoms with Gasteiger partial charge in [-0.2, -0.15) is 13.2 Å². The molecule has 178 valence electrons. The van der Waals surface area contributed by atoms with Gasteiger partial charge < -0.3 is 10.2 Å². The summed E-state index contributed by atoms with van der Waals surface area (Å²) in [4.78, 5) is 28.3. The monoisotopic (exact) mass is 473 g/mol. The molecule has 1 heterocycles. The third-order valence-electron chi connectivity index (χ3n) is 6.84. The van der Waals surface area contributed by atoms with Crippen molar-refractivity contribution < 1.29 is 22.8 Å². The first-order valence-electron chi connectivity index (χ1n) is 11.2. The molecule has 1 aromatic rings. The van der Waals surface area contributed by atoms with E-state index in [4.69, 9.17) is 11.6 Å². The van der Waals surface area contributed by atoms with Gasteiger partial charge in [0.05, 0.1) is 0 Å². The summed E-state index contributed by atoms with van der Waals surface area (Å²) in [5, 5.41) is 2.78. The maximum Gasteiger partial charge on any atom is 0.471 e. The maximum atomic E-state index is 12.8. The number of halogens is 4. The summed E-state index contributed by atoms with van der Waals surface area (Å²) >= 11 is 5.94. The molecule has 0 aromatic heterocycles. The van der Waals surface area contributed by atoms with E-state index in [0.29, 0.717) is 37.6 Å². The summed E-state index contributed by atoms with van der Waals surface area (Å²) in [5.74, 6) is -1.73. The molecular weight excluding hydrogens is 443 g/mol. The lowest BCUT2D eigenvalue weighted by Crippen LogP contribution is -2.63. The number of hydrogen-bond acceptors (Lipinski definition) is 3. The van der Waals surface area contributed by atoms with Crippen molar-refractivity contribution in [3.05, 3.63) is 34.9 Å². The van der Waals surface area contributed by atoms with Gasteiger partial charge in [-0.05, 0) is 36.5 Å². The molecular formula is C23H31ClF3N3O2. The quantitative estimate of drug-likeness (QED) is 0.668. The summed E-state index contributed by atoms with van der Waals surface area (Å²) < 4.78 is 38.0. The Balaban J connectivity index is 1.56. The van der Waals surface area contributed by atoms with Gasteiger partial charge in [0.25, 0.3) is 0 Å². The third-order valence-corrected chi connectivity index (χ3v) is 7.09. The van der Waals surface area contributed by atoms with Crippen LogP contribution in [0.4, 0.5) is 13.2 Å². The predicted octanol–water partition coefficient (Wildman–Crippen LogP) is 4.36. The first-order chi connectivity index (χ1) is 15.1. The van der Waals surface area contributed by atoms with Gasteiger partial charge in [0.15, 0.2) is 0 Å². The lowest BCUT2D eigenvalue weighted by atomic mass is 9.79. The highest BCUT2D eigenvalue weighted by Crippen LogP contribution is 2.34. The van der Waals surface area contributed by atoms with E-state index < -0.39 is 17.6 Å². The van der Waals surface area contributed by atoms with E-state index in [2.05, 4.69) is 10.2 Å². The number of nitrogens with one attached hydrogen (secondary N) is 1. The number of benzene rings is 1. The lowest BCUT2D eigenvalue weighted by Gasteiger charge is -2.50. The van der Waals surface area contributed by atoms with E-state index in [9.17, 15) is 22.8 Å². The fraction of sp³-hybridized carbons (Fsp3) is 0.652. The van der Waals surface area contributed by atoms with Gasteiger partial charge in [-0.15, -0.1) is 0 Å². The molecule has 9 heteroatoms. The van der Waals surface area contributed by atoms with Crippen LogP contribution in [0.25, 0.3) is 0 Å². The van der Waals surface area contributed by atoms with Crippen LogP contribution in [0.3, 0.4) is 0 Å². The molecule has 32 heavy (non-hydrogen) atoms. The highest BCUT2D eigenvalue weighted by molar-refractivity contribution is 6.30. The molecule has 3 rings (SSSR count). The smallest absolute Gasteiger partial charge is 0.346 e. The zero-order valence-electron chi connectivity index (χ0n) is 18.4. The average molecular weight is 474 g/mol. The molecule has 1 aromatic carbocycles. The number of nitrogens with zero attached hydrogens (tertiary/aromatic N) is 2. The van der Waals surface area contributed by atoms with Crippen LogP contribution in [0.1, 0.15) is 56.9 Å². The Labute approximate surface area is 192 Å². The van der Waals surface area contributed by atoms with E-state index in [1.807, 2.05) is 36.1 Å². The Morgan fingerprint density at radius 3 is 2.22 bits per heavy atom. The average Bonchev–Trinajstić information content (AvgIpc) is 2.78. The molecule has 1 atom stereocenters. The highest BCUT2D eigenvalue weighted by Gasteiger charge is 2.43. The van der Waals surface area contributed by atoms with Crippen LogP contribution in [0.2, 0.25) is 5.02 Å². The molecule has 0 spiro atoms. The van der Waals surface area contributed by atoms with E-state index >= 15 is 0 Å². The van der Waals surface area contributed by atoms with Gasteiger partial charge >= 0.3 is 12.1 Å². The van der Waals surface area contributed by atoms with E-state index in [1.165, 1.54) is 0 Å². The number of piperazine rings is 1. The molecule has 2 fully saturated rings. The second-order valence-electron chi connectivity index (χ2n) is 8.99. The van der Waals surface area contributed by atoms with E-state index in [-0.39, 0.29) is 18.4 Å². The van der Waals surface area contributed by atoms with Gasteiger partial charge in [0.2, 0.25) is 5.91 Å². The van der Waals surface area contributed by atoms with E-state index in [1.54, 1.807) is 0 Å². The van der Waals surface area contributed by atoms with Crippen LogP contribution < -0.4 is 5.32 Å². The Hall–Kier alpha value is -1.80. The molecule has 1 N–H and O–H groups in total. The maximum absolute atomic E-state index is 12.8. The second-order valence-corrected chi connectivity index (χ2v) is 9.43. The molecule has 1 unspecified atom stereocenters. The standard InChI is InChI=1S/C23H31ClF3N3O2/c1-17(18-5-7-19(24)8-6-18)15-20(31)29-11-13-30(14-12-29)22(9-3-2-4-10-22)16-28-21(32)23(25,26)27/h5-8,17H,2-4,9-16H2,1H3,(H,28,32). The molecule has 0 bridgehead atoms. The zero-order valence-corrected chi connectivity index (χ0v) is 19.1. The minimum atomic E-state index is -4.87. The number of carbonyl (C=O) groups excluding carboxylic acids is 2. The Morgan fingerprint density at radius 1 is 1.06 bits per heavy atom. The van der Waals surface area contributed by atoms with Gasteiger partial charge in [-0.1, -0.05) is 49.9 Å². The first kappa shape index (κ1) is 24.8. The van der Waals surface area contributed by atoms with Gasteiger partial charge in [-0.25, -0.2) is 0 Å². The molecule has 1 aliphatic carbocycles. The topological polar surface area (TPSA) is 52.7 Å². The van der Waals surface area contributed by atoms with Crippen LogP contribution in [-0.4, -0.2) is 66.1 Å². The predicted molar refractivity (Wildman–Crippen MR) is 118 cm³/mol. The summed E-state index contributed by atoms with van der Waals surface area (Å²) in [6, 6.07) is 7.50. The first-order valence-corrected chi connectivity index (χ1v) is 11.6. The van der Waals surface area contributed by atoms with Gasteiger partial charge in [0.1, 0.15) is 0 Å². The number of hydrogen-bond donors (Lipinski definition) is 1. The van der Waals surface area contributed by atoms with Crippen molar-refractivity contribution in [1.82, 2.24) is 15.1 Å². The highest BCUT2D eigenvalue weighted by atomic mass is 35.5. The molecule has 2 amide bonds. The number of alkyl halides is 3. The summed E-state index contributed by atoms with van der Waals surface area (Å²) in [5.41, 5.74) is 0.591. The lowest BCUT2D eigenvalue weighted by molar-refractivity contribution is -0.174. The van der Waals surface area contributed by atoms with Gasteiger partial charge in [0, 0.05) is 49.7 Å². The fourth-order valence-electron chi connectivity index (χ4n) is 4.89. The van der Waals surface area contributed by atoms with Crippen molar-refractivity contribution in [2.45, 2.75) is 63.1 Å². The van der Waals surface area contributed by atoms with Crippen molar-refractivity contribution in [1.29, 1.82) is 0 Å². The van der Waals surface area contributed by atoms with Crippen LogP contribution in [0, 0.1) is 0 Å². The van der Waals surface area contributed by atoms with E-state index in [0.717, 1.165) is 37.7 Å². The minimum Gasteiger partial charge on any atom is -0.346 e. The fourth-order valence-corrected chi connectivity index (χ4v) is 5.02. The third kappa shape index (κ3) is 6.16. The minimum absolute atomic E-state index is 0.00705. The van der Waals surface area contributed by atoms with Crippen LogP contribution in [0.15, 0.2) is 24.3 Å².